The molecule has 0 fully saturated rings. The van der Waals surface area contributed by atoms with Crippen molar-refractivity contribution in [3.8, 4) is 0 Å². The van der Waals surface area contributed by atoms with E-state index in [1.54, 1.807) is 0 Å². The van der Waals surface area contributed by atoms with Gasteiger partial charge in [0.25, 0.3) is 0 Å². The Morgan fingerprint density at radius 2 is 2.00 bits per heavy atom. The fourth-order valence-corrected chi connectivity index (χ4v) is 0.327. The first-order valence-electron chi connectivity index (χ1n) is 2.50. The fourth-order valence-electron chi connectivity index (χ4n) is 0.327. The van der Waals surface area contributed by atoms with Gasteiger partial charge in [0.05, 0.1) is 19.3 Å². The molecule has 0 saturated carbocycles. The third-order valence-electron chi connectivity index (χ3n) is 0.734. The Hall–Kier alpha value is -0.580. The van der Waals surface area contributed by atoms with Crippen LogP contribution in [0.3, 0.4) is 0 Å². The van der Waals surface area contributed by atoms with Crippen LogP contribution in [-0.2, 0) is 0 Å². The van der Waals surface area contributed by atoms with Gasteiger partial charge >= 0.3 is 0 Å². The zero-order chi connectivity index (χ0) is 7.28. The van der Waals surface area contributed by atoms with Gasteiger partial charge in [-0.2, -0.15) is 0 Å². The van der Waals surface area contributed by atoms with Crippen LogP contribution >= 0.6 is 0 Å². The van der Waals surface area contributed by atoms with E-state index in [0.717, 1.165) is 6.08 Å². The van der Waals surface area contributed by atoms with E-state index in [1.807, 2.05) is 0 Å². The van der Waals surface area contributed by atoms with Crippen LogP contribution in [0.5, 0.6) is 0 Å². The first-order chi connectivity index (χ1) is 4.20. The smallest absolute Gasteiger partial charge is 0.116 e. The second-order valence-corrected chi connectivity index (χ2v) is 1.57. The van der Waals surface area contributed by atoms with Gasteiger partial charge in [-0.25, -0.2) is 0 Å². The first-order valence-corrected chi connectivity index (χ1v) is 2.50. The van der Waals surface area contributed by atoms with E-state index in [2.05, 4.69) is 0 Å². The molecule has 0 heterocycles. The van der Waals surface area contributed by atoms with Crippen molar-refractivity contribution in [3.63, 3.8) is 0 Å². The van der Waals surface area contributed by atoms with Gasteiger partial charge in [-0.05, 0) is 6.08 Å². The molecule has 1 atom stereocenters. The topological polar surface area (TPSA) is 80.9 Å². The molecule has 0 aromatic heterocycles. The molecule has 0 aromatic carbocycles. The Bertz CT molecular complexity index is 99.1. The molecule has 54 valence electrons. The van der Waals surface area contributed by atoms with Crippen LogP contribution in [-0.4, -0.2) is 39.7 Å². The number of rotatable bonds is 3. The van der Waals surface area contributed by atoms with Crippen molar-refractivity contribution < 1.29 is 20.4 Å². The van der Waals surface area contributed by atoms with Gasteiger partial charge in [0, 0.05) is 0 Å². The van der Waals surface area contributed by atoms with Crippen LogP contribution in [0.2, 0.25) is 0 Å². The predicted octanol–water partition coefficient (Wildman–Crippen LogP) is -1.23. The summed E-state index contributed by atoms with van der Waals surface area (Å²) in [6, 6.07) is 0. The van der Waals surface area contributed by atoms with Crippen LogP contribution < -0.4 is 0 Å². The van der Waals surface area contributed by atoms with Crippen LogP contribution in [0.15, 0.2) is 11.8 Å². The Balaban J connectivity index is 3.64. The molecule has 1 unspecified atom stereocenters. The minimum absolute atomic E-state index is 0.337. The Morgan fingerprint density at radius 1 is 1.44 bits per heavy atom. The molecular weight excluding hydrogens is 124 g/mol. The van der Waals surface area contributed by atoms with Gasteiger partial charge < -0.3 is 20.4 Å². The quantitative estimate of drug-likeness (QED) is 0.364. The second kappa shape index (κ2) is 4.31. The monoisotopic (exact) mass is 134 g/mol. The zero-order valence-electron chi connectivity index (χ0n) is 4.86. The average Bonchev–Trinajstić information content (AvgIpc) is 1.87. The van der Waals surface area contributed by atoms with Crippen LogP contribution in [0.4, 0.5) is 0 Å². The molecule has 0 saturated heterocycles. The maximum atomic E-state index is 8.56. The third kappa shape index (κ3) is 3.96. The Morgan fingerprint density at radius 3 is 2.33 bits per heavy atom. The van der Waals surface area contributed by atoms with Gasteiger partial charge in [0.2, 0.25) is 0 Å². The van der Waals surface area contributed by atoms with Crippen LogP contribution in [0, 0.1) is 0 Å². The van der Waals surface area contributed by atoms with Crippen molar-refractivity contribution in [2.45, 2.75) is 6.10 Å². The summed E-state index contributed by atoms with van der Waals surface area (Å²) in [5, 5.41) is 33.4. The van der Waals surface area contributed by atoms with E-state index in [9.17, 15) is 0 Å². The number of aliphatic hydroxyl groups excluding tert-OH is 4. The van der Waals surface area contributed by atoms with E-state index >= 15 is 0 Å². The van der Waals surface area contributed by atoms with Crippen molar-refractivity contribution in [2.75, 3.05) is 13.2 Å². The largest absolute Gasteiger partial charge is 0.510 e. The lowest BCUT2D eigenvalue weighted by Crippen LogP contribution is -2.09. The third-order valence-corrected chi connectivity index (χ3v) is 0.734. The van der Waals surface area contributed by atoms with Crippen molar-refractivity contribution in [1.82, 2.24) is 0 Å². The minimum Gasteiger partial charge on any atom is -0.510 e. The van der Waals surface area contributed by atoms with Gasteiger partial charge in [-0.3, -0.25) is 0 Å². The van der Waals surface area contributed by atoms with Crippen molar-refractivity contribution in [3.05, 3.63) is 11.8 Å². The number of hydrogen-bond acceptors (Lipinski definition) is 4. The molecule has 0 bridgehead atoms. The fraction of sp³-hybridized carbons (Fsp3) is 0.600. The summed E-state index contributed by atoms with van der Waals surface area (Å²) in [4.78, 5) is 0. The molecule has 4 nitrogen and oxygen atoms in total. The lowest BCUT2D eigenvalue weighted by molar-refractivity contribution is 0.125. The molecule has 0 amide bonds. The summed E-state index contributed by atoms with van der Waals surface area (Å²) in [5.74, 6) is -0.337. The van der Waals surface area contributed by atoms with E-state index in [4.69, 9.17) is 20.4 Å². The molecule has 0 rings (SSSR count). The molecule has 0 aromatic rings. The summed E-state index contributed by atoms with van der Waals surface area (Å²) in [7, 11) is 0. The summed E-state index contributed by atoms with van der Waals surface area (Å²) >= 11 is 0. The first kappa shape index (κ1) is 8.42. The summed E-state index contributed by atoms with van der Waals surface area (Å²) < 4.78 is 0. The molecule has 0 aliphatic carbocycles. The summed E-state index contributed by atoms with van der Waals surface area (Å²) in [6.07, 6.45) is -0.114. The molecule has 0 aliphatic rings. The number of hydrogen-bond donors (Lipinski definition) is 4. The van der Waals surface area contributed by atoms with Crippen LogP contribution in [0.25, 0.3) is 0 Å². The molecule has 9 heavy (non-hydrogen) atoms. The van der Waals surface area contributed by atoms with Gasteiger partial charge in [0.1, 0.15) is 5.76 Å². The SMILES string of the molecule is OCC(O)=CC(O)CO. The maximum absolute atomic E-state index is 8.56. The molecule has 0 spiro atoms. The van der Waals surface area contributed by atoms with E-state index in [0.29, 0.717) is 0 Å². The van der Waals surface area contributed by atoms with Crippen molar-refractivity contribution in [1.29, 1.82) is 0 Å². The second-order valence-electron chi connectivity index (χ2n) is 1.57. The van der Waals surface area contributed by atoms with E-state index in [1.165, 1.54) is 0 Å². The maximum Gasteiger partial charge on any atom is 0.116 e. The van der Waals surface area contributed by atoms with Gasteiger partial charge in [-0.1, -0.05) is 0 Å². The molecule has 4 N–H and O–H groups in total. The van der Waals surface area contributed by atoms with Crippen LogP contribution in [0.1, 0.15) is 0 Å². The minimum atomic E-state index is -1.09. The highest BCUT2D eigenvalue weighted by molar-refractivity contribution is 4.95. The lowest BCUT2D eigenvalue weighted by atomic mass is 10.3. The standard InChI is InChI=1S/C5H10O4/c6-2-4(8)1-5(9)3-7/h1,4,6-9H,2-3H2. The normalized spacial score (nSPS) is 15.7. The summed E-state index contributed by atoms with van der Waals surface area (Å²) in [5.41, 5.74) is 0. The molecule has 4 heteroatoms. The van der Waals surface area contributed by atoms with E-state index in [-0.39, 0.29) is 5.76 Å². The molecule has 0 radical (unpaired) electrons. The predicted molar refractivity (Wildman–Crippen MR) is 30.9 cm³/mol. The lowest BCUT2D eigenvalue weighted by Gasteiger charge is -1.99. The van der Waals surface area contributed by atoms with Crippen molar-refractivity contribution >= 4 is 0 Å². The zero-order valence-corrected chi connectivity index (χ0v) is 4.86. The van der Waals surface area contributed by atoms with Gasteiger partial charge in [-0.15, -0.1) is 0 Å². The van der Waals surface area contributed by atoms with E-state index < -0.39 is 19.3 Å². The van der Waals surface area contributed by atoms with Gasteiger partial charge in [0.15, 0.2) is 0 Å². The highest BCUT2D eigenvalue weighted by Gasteiger charge is 1.97. The molecule has 0 aliphatic heterocycles. The summed E-state index contributed by atoms with van der Waals surface area (Å²) in [6.45, 7) is -0.971. The number of aliphatic hydroxyl groups is 4. The Labute approximate surface area is 52.7 Å². The average molecular weight is 134 g/mol. The highest BCUT2D eigenvalue weighted by Crippen LogP contribution is 1.89. The molecular formula is C5H10O4. The highest BCUT2D eigenvalue weighted by atomic mass is 16.3. The van der Waals surface area contributed by atoms with Crippen molar-refractivity contribution in [2.24, 2.45) is 0 Å². The Kier molecular flexibility index (Phi) is 4.04.